The Bertz CT molecular complexity index is 368. The van der Waals surface area contributed by atoms with Crippen molar-refractivity contribution in [1.82, 2.24) is 13.7 Å². The predicted molar refractivity (Wildman–Crippen MR) is 44.6 cm³/mol. The lowest BCUT2D eigenvalue weighted by Crippen LogP contribution is -1.86. The maximum atomic E-state index is 4.20. The van der Waals surface area contributed by atoms with Crippen LogP contribution < -0.4 is 0 Å². The number of fused-ring (bicyclic) bond motifs is 1. The zero-order valence-electron chi connectivity index (χ0n) is 6.11. The molecule has 0 unspecified atom stereocenters. The van der Waals surface area contributed by atoms with Gasteiger partial charge in [-0.05, 0) is 12.5 Å². The van der Waals surface area contributed by atoms with Crippen molar-refractivity contribution in [2.45, 2.75) is 13.3 Å². The lowest BCUT2D eigenvalue weighted by atomic mass is 10.2. The predicted octanol–water partition coefficient (Wildman–Crippen LogP) is 1.65. The van der Waals surface area contributed by atoms with E-state index in [9.17, 15) is 0 Å². The number of nitrogens with zero attached hydrogens (tertiary/aromatic N) is 3. The van der Waals surface area contributed by atoms with Gasteiger partial charge in [0.15, 0.2) is 0 Å². The standard InChI is InChI=1S/C7H7N3S/c1-2-5-7-6(3-4-8-5)9-11-10-7/h3-4H,2H2,1H3. The highest BCUT2D eigenvalue weighted by molar-refractivity contribution is 7.00. The average molecular weight is 165 g/mol. The third-order valence-corrected chi connectivity index (χ3v) is 2.13. The van der Waals surface area contributed by atoms with Gasteiger partial charge in [-0.15, -0.1) is 0 Å². The average Bonchev–Trinajstić information content (AvgIpc) is 2.50. The summed E-state index contributed by atoms with van der Waals surface area (Å²) in [6, 6.07) is 1.89. The molecule has 0 atom stereocenters. The lowest BCUT2D eigenvalue weighted by Gasteiger charge is -1.92. The zero-order chi connectivity index (χ0) is 7.68. The first-order valence-electron chi connectivity index (χ1n) is 3.48. The van der Waals surface area contributed by atoms with E-state index in [2.05, 4.69) is 20.7 Å². The molecule has 0 amide bonds. The van der Waals surface area contributed by atoms with Gasteiger partial charge in [0.2, 0.25) is 0 Å². The zero-order valence-corrected chi connectivity index (χ0v) is 6.93. The molecule has 2 aromatic heterocycles. The first-order chi connectivity index (χ1) is 5.42. The highest BCUT2D eigenvalue weighted by atomic mass is 32.1. The summed E-state index contributed by atoms with van der Waals surface area (Å²) in [5.74, 6) is 0. The van der Waals surface area contributed by atoms with Crippen LogP contribution in [-0.4, -0.2) is 13.7 Å². The fraction of sp³-hybridized carbons (Fsp3) is 0.286. The minimum atomic E-state index is 0.919. The summed E-state index contributed by atoms with van der Waals surface area (Å²) in [6.45, 7) is 2.07. The Hall–Kier alpha value is -1.03. The largest absolute Gasteiger partial charge is 0.259 e. The molecule has 0 bridgehead atoms. The van der Waals surface area contributed by atoms with Crippen LogP contribution in [0.2, 0.25) is 0 Å². The summed E-state index contributed by atoms with van der Waals surface area (Å²) < 4.78 is 8.28. The molecule has 0 saturated heterocycles. The molecule has 2 aromatic rings. The van der Waals surface area contributed by atoms with E-state index in [-0.39, 0.29) is 0 Å². The fourth-order valence-electron chi connectivity index (χ4n) is 1.02. The molecular formula is C7H7N3S. The van der Waals surface area contributed by atoms with Crippen LogP contribution in [0.3, 0.4) is 0 Å². The van der Waals surface area contributed by atoms with Crippen molar-refractivity contribution in [2.75, 3.05) is 0 Å². The molecular weight excluding hydrogens is 158 g/mol. The summed E-state index contributed by atoms with van der Waals surface area (Å²) in [5.41, 5.74) is 2.96. The number of pyridine rings is 1. The molecule has 0 aromatic carbocycles. The topological polar surface area (TPSA) is 38.7 Å². The Morgan fingerprint density at radius 2 is 2.36 bits per heavy atom. The molecule has 0 fully saturated rings. The smallest absolute Gasteiger partial charge is 0.126 e. The summed E-state index contributed by atoms with van der Waals surface area (Å²) in [6.07, 6.45) is 2.70. The lowest BCUT2D eigenvalue weighted by molar-refractivity contribution is 1.05. The van der Waals surface area contributed by atoms with E-state index in [4.69, 9.17) is 0 Å². The number of hydrogen-bond acceptors (Lipinski definition) is 4. The third-order valence-electron chi connectivity index (χ3n) is 1.58. The van der Waals surface area contributed by atoms with Gasteiger partial charge < -0.3 is 0 Å². The Morgan fingerprint density at radius 1 is 1.45 bits per heavy atom. The molecule has 3 nitrogen and oxygen atoms in total. The molecule has 2 heterocycles. The van der Waals surface area contributed by atoms with Crippen LogP contribution >= 0.6 is 11.7 Å². The van der Waals surface area contributed by atoms with Crippen molar-refractivity contribution in [3.8, 4) is 0 Å². The van der Waals surface area contributed by atoms with E-state index in [0.717, 1.165) is 23.1 Å². The van der Waals surface area contributed by atoms with Crippen LogP contribution in [0.1, 0.15) is 12.6 Å². The van der Waals surface area contributed by atoms with Crippen LogP contribution in [-0.2, 0) is 6.42 Å². The maximum Gasteiger partial charge on any atom is 0.126 e. The van der Waals surface area contributed by atoms with Crippen LogP contribution in [0, 0.1) is 0 Å². The van der Waals surface area contributed by atoms with Crippen LogP contribution in [0.15, 0.2) is 12.3 Å². The molecule has 2 rings (SSSR count). The van der Waals surface area contributed by atoms with E-state index < -0.39 is 0 Å². The number of aryl methyl sites for hydroxylation is 1. The molecule has 0 aliphatic rings. The second-order valence-corrected chi connectivity index (χ2v) is 2.77. The van der Waals surface area contributed by atoms with Gasteiger partial charge in [0.05, 0.1) is 17.4 Å². The van der Waals surface area contributed by atoms with Gasteiger partial charge in [-0.1, -0.05) is 6.92 Å². The molecule has 0 spiro atoms. The van der Waals surface area contributed by atoms with Gasteiger partial charge in [-0.2, -0.15) is 8.75 Å². The van der Waals surface area contributed by atoms with Crippen LogP contribution in [0.5, 0.6) is 0 Å². The Labute approximate surface area is 68.4 Å². The highest BCUT2D eigenvalue weighted by Gasteiger charge is 2.02. The molecule has 0 saturated carbocycles. The third kappa shape index (κ3) is 0.991. The molecule has 11 heavy (non-hydrogen) atoms. The van der Waals surface area contributed by atoms with Crippen molar-refractivity contribution < 1.29 is 0 Å². The van der Waals surface area contributed by atoms with E-state index in [1.165, 1.54) is 11.7 Å². The van der Waals surface area contributed by atoms with Gasteiger partial charge in [-0.25, -0.2) is 0 Å². The first kappa shape index (κ1) is 6.67. The number of hydrogen-bond donors (Lipinski definition) is 0. The summed E-state index contributed by atoms with van der Waals surface area (Å²) in [5, 5.41) is 0. The van der Waals surface area contributed by atoms with E-state index >= 15 is 0 Å². The molecule has 0 radical (unpaired) electrons. The number of rotatable bonds is 1. The molecule has 0 aliphatic heterocycles. The van der Waals surface area contributed by atoms with Crippen LogP contribution in [0.25, 0.3) is 11.0 Å². The second-order valence-electron chi connectivity index (χ2n) is 2.24. The Balaban J connectivity index is 2.79. The van der Waals surface area contributed by atoms with E-state index in [1.807, 2.05) is 6.07 Å². The summed E-state index contributed by atoms with van der Waals surface area (Å²) in [7, 11) is 0. The van der Waals surface area contributed by atoms with Crippen molar-refractivity contribution in [3.63, 3.8) is 0 Å². The van der Waals surface area contributed by atoms with Crippen molar-refractivity contribution in [1.29, 1.82) is 0 Å². The minimum Gasteiger partial charge on any atom is -0.259 e. The SMILES string of the molecule is CCc1nccc2nsnc12. The van der Waals surface area contributed by atoms with E-state index in [1.54, 1.807) is 6.20 Å². The van der Waals surface area contributed by atoms with Crippen molar-refractivity contribution >= 4 is 22.8 Å². The molecule has 0 aliphatic carbocycles. The summed E-state index contributed by atoms with van der Waals surface area (Å²) >= 11 is 1.24. The number of aromatic nitrogens is 3. The van der Waals surface area contributed by atoms with Gasteiger partial charge in [0.25, 0.3) is 0 Å². The quantitative estimate of drug-likeness (QED) is 0.645. The molecule has 56 valence electrons. The molecule has 0 N–H and O–H groups in total. The summed E-state index contributed by atoms with van der Waals surface area (Å²) in [4.78, 5) is 4.20. The van der Waals surface area contributed by atoms with Gasteiger partial charge in [0.1, 0.15) is 11.0 Å². The highest BCUT2D eigenvalue weighted by Crippen LogP contribution is 2.13. The monoisotopic (exact) mass is 165 g/mol. The van der Waals surface area contributed by atoms with Crippen LogP contribution in [0.4, 0.5) is 0 Å². The minimum absolute atomic E-state index is 0.919. The molecule has 4 heteroatoms. The van der Waals surface area contributed by atoms with Crippen molar-refractivity contribution in [3.05, 3.63) is 18.0 Å². The van der Waals surface area contributed by atoms with E-state index in [0.29, 0.717) is 0 Å². The van der Waals surface area contributed by atoms with Gasteiger partial charge in [-0.3, -0.25) is 4.98 Å². The Kier molecular flexibility index (Phi) is 1.54. The first-order valence-corrected chi connectivity index (χ1v) is 4.21. The Morgan fingerprint density at radius 3 is 3.18 bits per heavy atom. The van der Waals surface area contributed by atoms with Gasteiger partial charge >= 0.3 is 0 Å². The second kappa shape index (κ2) is 2.54. The normalized spacial score (nSPS) is 10.6. The van der Waals surface area contributed by atoms with Crippen molar-refractivity contribution in [2.24, 2.45) is 0 Å². The maximum absolute atomic E-state index is 4.20. The van der Waals surface area contributed by atoms with Gasteiger partial charge in [0, 0.05) is 6.20 Å². The fourth-order valence-corrected chi connectivity index (χ4v) is 1.58.